The molecule has 2 aliphatic rings. The zero-order chi connectivity index (χ0) is 17.6. The smallest absolute Gasteiger partial charge is 0.220 e. The number of piperidine rings is 1. The van der Waals surface area contributed by atoms with E-state index in [1.54, 1.807) is 0 Å². The number of halogens is 1. The number of nitrogens with one attached hydrogen (secondary N) is 1. The zero-order valence-electron chi connectivity index (χ0n) is 16.0. The van der Waals surface area contributed by atoms with Crippen LogP contribution in [0.25, 0.3) is 0 Å². The number of alkyl halides is 1. The summed E-state index contributed by atoms with van der Waals surface area (Å²) in [6.07, 6.45) is 8.94. The van der Waals surface area contributed by atoms with Crippen LogP contribution in [0, 0.1) is 11.3 Å². The summed E-state index contributed by atoms with van der Waals surface area (Å²) in [7, 11) is 0. The molecule has 4 heteroatoms. The highest BCUT2D eigenvalue weighted by atomic mass is 19.1. The van der Waals surface area contributed by atoms with E-state index in [4.69, 9.17) is 0 Å². The molecule has 0 bridgehead atoms. The van der Waals surface area contributed by atoms with Crippen LogP contribution in [0.3, 0.4) is 0 Å². The Bertz CT molecular complexity index is 391. The van der Waals surface area contributed by atoms with Gasteiger partial charge in [0.15, 0.2) is 0 Å². The molecule has 2 fully saturated rings. The molecule has 0 unspecified atom stereocenters. The predicted octanol–water partition coefficient (Wildman–Crippen LogP) is 4.31. The summed E-state index contributed by atoms with van der Waals surface area (Å²) in [5.41, 5.74) is -0.877. The first-order chi connectivity index (χ1) is 11.3. The number of amides is 1. The highest BCUT2D eigenvalue weighted by Gasteiger charge is 2.35. The fourth-order valence-corrected chi connectivity index (χ4v) is 3.83. The van der Waals surface area contributed by atoms with Crippen LogP contribution in [0.4, 0.5) is 4.39 Å². The standard InChI is InChI=1S/C20H37FN2O/c1-19(2,3)9-12-23-13-10-20(21,11-14-23)16-22-18(24)15-17-7-5-4-6-8-17/h17H,4-16H2,1-3H3,(H,22,24). The van der Waals surface area contributed by atoms with Gasteiger partial charge in [-0.2, -0.15) is 0 Å². The first-order valence-electron chi connectivity index (χ1n) is 9.94. The van der Waals surface area contributed by atoms with E-state index in [2.05, 4.69) is 31.0 Å². The van der Waals surface area contributed by atoms with Crippen molar-refractivity contribution in [1.29, 1.82) is 0 Å². The first kappa shape index (κ1) is 19.7. The van der Waals surface area contributed by atoms with Crippen LogP contribution in [0.2, 0.25) is 0 Å². The van der Waals surface area contributed by atoms with Crippen LogP contribution >= 0.6 is 0 Å². The Kier molecular flexibility index (Phi) is 7.09. The normalized spacial score (nSPS) is 23.2. The van der Waals surface area contributed by atoms with Gasteiger partial charge in [0.25, 0.3) is 0 Å². The molecule has 3 nitrogen and oxygen atoms in total. The first-order valence-corrected chi connectivity index (χ1v) is 9.94. The number of rotatable bonds is 6. The van der Waals surface area contributed by atoms with Crippen LogP contribution in [-0.2, 0) is 4.79 Å². The molecule has 0 aromatic heterocycles. The van der Waals surface area contributed by atoms with Gasteiger partial charge in [-0.3, -0.25) is 4.79 Å². The number of carbonyl (C=O) groups is 1. The summed E-state index contributed by atoms with van der Waals surface area (Å²) < 4.78 is 14.9. The van der Waals surface area contributed by atoms with Crippen molar-refractivity contribution in [3.05, 3.63) is 0 Å². The van der Waals surface area contributed by atoms with Crippen molar-refractivity contribution in [1.82, 2.24) is 10.2 Å². The van der Waals surface area contributed by atoms with Gasteiger partial charge in [-0.1, -0.05) is 40.0 Å². The summed E-state index contributed by atoms with van der Waals surface area (Å²) in [6.45, 7) is 9.62. The summed E-state index contributed by atoms with van der Waals surface area (Å²) in [5, 5.41) is 2.88. The topological polar surface area (TPSA) is 32.3 Å². The van der Waals surface area contributed by atoms with E-state index in [0.717, 1.165) is 38.9 Å². The van der Waals surface area contributed by atoms with E-state index in [-0.39, 0.29) is 12.5 Å². The minimum absolute atomic E-state index is 0.0501. The van der Waals surface area contributed by atoms with Gasteiger partial charge in [-0.25, -0.2) is 4.39 Å². The minimum atomic E-state index is -1.21. The molecule has 1 N–H and O–H groups in total. The van der Waals surface area contributed by atoms with Crippen LogP contribution < -0.4 is 5.32 Å². The lowest BCUT2D eigenvalue weighted by atomic mass is 9.86. The molecule has 0 radical (unpaired) electrons. The number of hydrogen-bond acceptors (Lipinski definition) is 2. The molecule has 0 aromatic rings. The molecular formula is C20H37FN2O. The molecule has 24 heavy (non-hydrogen) atoms. The van der Waals surface area contributed by atoms with E-state index >= 15 is 0 Å². The summed E-state index contributed by atoms with van der Waals surface area (Å²) >= 11 is 0. The third-order valence-electron chi connectivity index (χ3n) is 5.73. The van der Waals surface area contributed by atoms with Crippen LogP contribution in [0.1, 0.15) is 78.6 Å². The average Bonchev–Trinajstić information content (AvgIpc) is 2.53. The van der Waals surface area contributed by atoms with Gasteiger partial charge < -0.3 is 10.2 Å². The van der Waals surface area contributed by atoms with E-state index in [0.29, 0.717) is 30.6 Å². The molecule has 1 saturated heterocycles. The minimum Gasteiger partial charge on any atom is -0.353 e. The maximum absolute atomic E-state index is 14.9. The lowest BCUT2D eigenvalue weighted by molar-refractivity contribution is -0.123. The molecule has 1 saturated carbocycles. The Labute approximate surface area is 147 Å². The Morgan fingerprint density at radius 2 is 1.79 bits per heavy atom. The van der Waals surface area contributed by atoms with Gasteiger partial charge in [0, 0.05) is 19.5 Å². The predicted molar refractivity (Wildman–Crippen MR) is 97.8 cm³/mol. The second kappa shape index (κ2) is 8.64. The molecule has 2 rings (SSSR count). The van der Waals surface area contributed by atoms with Crippen molar-refractivity contribution in [2.75, 3.05) is 26.2 Å². The van der Waals surface area contributed by atoms with Crippen molar-refractivity contribution < 1.29 is 9.18 Å². The lowest BCUT2D eigenvalue weighted by Gasteiger charge is -2.37. The van der Waals surface area contributed by atoms with Crippen molar-refractivity contribution in [2.45, 2.75) is 84.2 Å². The molecule has 0 atom stereocenters. The second-order valence-electron chi connectivity index (χ2n) is 9.29. The van der Waals surface area contributed by atoms with E-state index < -0.39 is 5.67 Å². The average molecular weight is 341 g/mol. The number of likely N-dealkylation sites (tertiary alicyclic amines) is 1. The Morgan fingerprint density at radius 1 is 1.17 bits per heavy atom. The van der Waals surface area contributed by atoms with Gasteiger partial charge in [-0.05, 0) is 50.0 Å². The van der Waals surface area contributed by atoms with Gasteiger partial charge in [0.2, 0.25) is 5.91 Å². The highest BCUT2D eigenvalue weighted by molar-refractivity contribution is 5.76. The zero-order valence-corrected chi connectivity index (χ0v) is 16.0. The SMILES string of the molecule is CC(C)(C)CCN1CCC(F)(CNC(=O)CC2CCCCC2)CC1. The largest absolute Gasteiger partial charge is 0.353 e. The molecule has 140 valence electrons. The molecule has 0 spiro atoms. The van der Waals surface area contributed by atoms with Crippen LogP contribution in [0.5, 0.6) is 0 Å². The molecular weight excluding hydrogens is 303 g/mol. The third-order valence-corrected chi connectivity index (χ3v) is 5.73. The summed E-state index contributed by atoms with van der Waals surface area (Å²) in [5.74, 6) is 0.572. The Morgan fingerprint density at radius 3 is 2.38 bits per heavy atom. The quantitative estimate of drug-likeness (QED) is 0.781. The van der Waals surface area contributed by atoms with E-state index in [1.807, 2.05) is 0 Å². The molecule has 0 aromatic carbocycles. The number of carbonyl (C=O) groups excluding carboxylic acids is 1. The van der Waals surface area contributed by atoms with Crippen LogP contribution in [-0.4, -0.2) is 42.7 Å². The third kappa shape index (κ3) is 7.08. The van der Waals surface area contributed by atoms with Crippen molar-refractivity contribution in [3.8, 4) is 0 Å². The van der Waals surface area contributed by atoms with Gasteiger partial charge in [0.05, 0.1) is 6.54 Å². The monoisotopic (exact) mass is 340 g/mol. The Hall–Kier alpha value is -0.640. The van der Waals surface area contributed by atoms with Crippen molar-refractivity contribution in [2.24, 2.45) is 11.3 Å². The maximum Gasteiger partial charge on any atom is 0.220 e. The van der Waals surface area contributed by atoms with E-state index in [1.165, 1.54) is 19.3 Å². The van der Waals surface area contributed by atoms with E-state index in [9.17, 15) is 9.18 Å². The molecule has 1 aliphatic heterocycles. The number of nitrogens with zero attached hydrogens (tertiary/aromatic N) is 1. The fraction of sp³-hybridized carbons (Fsp3) is 0.950. The molecule has 1 heterocycles. The lowest BCUT2D eigenvalue weighted by Crippen LogP contribution is -2.48. The summed E-state index contributed by atoms with van der Waals surface area (Å²) in [6, 6.07) is 0. The fourth-order valence-electron chi connectivity index (χ4n) is 3.83. The van der Waals surface area contributed by atoms with Crippen LogP contribution in [0.15, 0.2) is 0 Å². The maximum atomic E-state index is 14.9. The highest BCUT2D eigenvalue weighted by Crippen LogP contribution is 2.28. The molecule has 1 aliphatic carbocycles. The van der Waals surface area contributed by atoms with Gasteiger partial charge in [0.1, 0.15) is 5.67 Å². The second-order valence-corrected chi connectivity index (χ2v) is 9.29. The van der Waals surface area contributed by atoms with Crippen molar-refractivity contribution in [3.63, 3.8) is 0 Å². The van der Waals surface area contributed by atoms with Crippen molar-refractivity contribution >= 4 is 5.91 Å². The summed E-state index contributed by atoms with van der Waals surface area (Å²) in [4.78, 5) is 14.5. The molecule has 1 amide bonds. The van der Waals surface area contributed by atoms with Gasteiger partial charge >= 0.3 is 0 Å². The Balaban J connectivity index is 1.65. The number of hydrogen-bond donors (Lipinski definition) is 1. The van der Waals surface area contributed by atoms with Gasteiger partial charge in [-0.15, -0.1) is 0 Å².